The van der Waals surface area contributed by atoms with E-state index >= 15 is 0 Å². The monoisotopic (exact) mass is 532 g/mol. The van der Waals surface area contributed by atoms with E-state index in [2.05, 4.69) is 32.3 Å². The number of nitrogens with zero attached hydrogens (tertiary/aromatic N) is 6. The highest BCUT2D eigenvalue weighted by Gasteiger charge is 2.35. The molecule has 0 aliphatic carbocycles. The second-order valence-corrected chi connectivity index (χ2v) is 8.37. The molecule has 4 rings (SSSR count). The molecule has 0 atom stereocenters. The molecule has 12 nitrogen and oxygen atoms in total. The summed E-state index contributed by atoms with van der Waals surface area (Å²) in [6.07, 6.45) is 4.37. The molecule has 0 spiro atoms. The Hall–Kier alpha value is -4.03. The zero-order valence-corrected chi connectivity index (χ0v) is 21.3. The van der Waals surface area contributed by atoms with Gasteiger partial charge in [0.15, 0.2) is 5.82 Å². The van der Waals surface area contributed by atoms with Crippen LogP contribution in [0.2, 0.25) is 10.0 Å². The van der Waals surface area contributed by atoms with E-state index in [1.54, 1.807) is 32.6 Å². The van der Waals surface area contributed by atoms with Gasteiger partial charge in [-0.3, -0.25) is 19.3 Å². The number of halogens is 2. The number of aromatic nitrogens is 4. The van der Waals surface area contributed by atoms with Gasteiger partial charge in [-0.25, -0.2) is 9.78 Å². The number of hydrogen-bond donors (Lipinski definition) is 2. The maximum Gasteiger partial charge on any atom is 0.330 e. The Bertz CT molecular complexity index is 1350. The fourth-order valence-corrected chi connectivity index (χ4v) is 4.32. The predicted molar refractivity (Wildman–Crippen MR) is 137 cm³/mol. The number of urea groups is 1. The van der Waals surface area contributed by atoms with Gasteiger partial charge < -0.3 is 20.1 Å². The summed E-state index contributed by atoms with van der Waals surface area (Å²) in [6.45, 7) is 3.53. The third-order valence-electron chi connectivity index (χ3n) is 5.33. The molecule has 0 bridgehead atoms. The van der Waals surface area contributed by atoms with Gasteiger partial charge in [-0.15, -0.1) is 0 Å². The second-order valence-electron chi connectivity index (χ2n) is 7.61. The van der Waals surface area contributed by atoms with E-state index in [0.29, 0.717) is 28.6 Å². The zero-order valence-electron chi connectivity index (χ0n) is 19.8. The minimum Gasteiger partial charge on any atom is -0.495 e. The number of aryl methyl sites for hydroxylation is 1. The summed E-state index contributed by atoms with van der Waals surface area (Å²) in [6, 6.07) is 1.12. The van der Waals surface area contributed by atoms with Gasteiger partial charge in [-0.05, 0) is 6.08 Å². The van der Waals surface area contributed by atoms with Crippen LogP contribution in [-0.4, -0.2) is 53.0 Å². The van der Waals surface area contributed by atoms with Gasteiger partial charge in [0.1, 0.15) is 33.0 Å². The first-order valence-electron chi connectivity index (χ1n) is 10.4. The Kier molecular flexibility index (Phi) is 6.91. The predicted octanol–water partition coefficient (Wildman–Crippen LogP) is 3.98. The number of amides is 3. The van der Waals surface area contributed by atoms with Gasteiger partial charge >= 0.3 is 6.03 Å². The summed E-state index contributed by atoms with van der Waals surface area (Å²) >= 11 is 13.1. The first kappa shape index (κ1) is 25.1. The normalized spacial score (nSPS) is 12.8. The topological polar surface area (TPSA) is 127 Å². The van der Waals surface area contributed by atoms with Crippen molar-refractivity contribution in [3.63, 3.8) is 0 Å². The number of nitrogens with one attached hydrogen (secondary N) is 2. The Balaban J connectivity index is 1.68. The number of carbonyl (C=O) groups excluding carboxylic acids is 2. The number of methoxy groups -OCH3 is 2. The highest BCUT2D eigenvalue weighted by atomic mass is 35.5. The number of benzene rings is 1. The average Bonchev–Trinajstić information content (AvgIpc) is 3.20. The lowest BCUT2D eigenvalue weighted by Gasteiger charge is -2.35. The molecule has 1 aliphatic rings. The van der Waals surface area contributed by atoms with Gasteiger partial charge in [0.25, 0.3) is 0 Å². The van der Waals surface area contributed by atoms with Gasteiger partial charge in [0.2, 0.25) is 11.9 Å². The molecular weight excluding hydrogens is 511 g/mol. The molecule has 188 valence electrons. The number of ether oxygens (including phenoxy) is 2. The van der Waals surface area contributed by atoms with Gasteiger partial charge in [-0.1, -0.05) is 29.8 Å². The quantitative estimate of drug-likeness (QED) is 0.437. The van der Waals surface area contributed by atoms with Crippen molar-refractivity contribution >= 4 is 64.1 Å². The van der Waals surface area contributed by atoms with Crippen LogP contribution in [0.1, 0.15) is 5.56 Å². The number of anilines is 5. The fourth-order valence-electron chi connectivity index (χ4n) is 3.61. The van der Waals surface area contributed by atoms with Crippen molar-refractivity contribution in [2.45, 2.75) is 6.54 Å². The molecule has 1 aliphatic heterocycles. The first-order chi connectivity index (χ1) is 17.2. The molecule has 1 aromatic carbocycles. The van der Waals surface area contributed by atoms with E-state index in [1.165, 1.54) is 28.7 Å². The second kappa shape index (κ2) is 9.91. The van der Waals surface area contributed by atoms with Crippen molar-refractivity contribution in [3.8, 4) is 11.5 Å². The molecule has 3 heterocycles. The lowest BCUT2D eigenvalue weighted by atomic mass is 10.2. The summed E-state index contributed by atoms with van der Waals surface area (Å²) < 4.78 is 12.2. The highest BCUT2D eigenvalue weighted by Crippen LogP contribution is 2.47. The van der Waals surface area contributed by atoms with E-state index in [9.17, 15) is 9.59 Å². The van der Waals surface area contributed by atoms with Crippen LogP contribution in [-0.2, 0) is 18.4 Å². The Morgan fingerprint density at radius 2 is 1.86 bits per heavy atom. The van der Waals surface area contributed by atoms with Crippen LogP contribution >= 0.6 is 23.2 Å². The van der Waals surface area contributed by atoms with Crippen LogP contribution < -0.4 is 29.9 Å². The van der Waals surface area contributed by atoms with Gasteiger partial charge in [0, 0.05) is 31.9 Å². The summed E-state index contributed by atoms with van der Waals surface area (Å²) in [5, 5.41) is 10.2. The molecule has 2 aromatic heterocycles. The summed E-state index contributed by atoms with van der Waals surface area (Å²) in [5.74, 6) is 1.05. The molecule has 3 amide bonds. The average molecular weight is 533 g/mol. The van der Waals surface area contributed by atoms with Crippen molar-refractivity contribution in [2.24, 2.45) is 7.05 Å². The maximum absolute atomic E-state index is 13.4. The summed E-state index contributed by atoms with van der Waals surface area (Å²) in [5.41, 5.74) is 1.35. The lowest BCUT2D eigenvalue weighted by Crippen LogP contribution is -2.46. The molecule has 36 heavy (non-hydrogen) atoms. The van der Waals surface area contributed by atoms with Crippen LogP contribution in [0.15, 0.2) is 31.1 Å². The smallest absolute Gasteiger partial charge is 0.330 e. The van der Waals surface area contributed by atoms with Crippen LogP contribution in [0.5, 0.6) is 11.5 Å². The third kappa shape index (κ3) is 4.48. The summed E-state index contributed by atoms with van der Waals surface area (Å²) in [7, 11) is 6.18. The molecule has 0 radical (unpaired) electrons. The van der Waals surface area contributed by atoms with Crippen molar-refractivity contribution in [3.05, 3.63) is 46.7 Å². The third-order valence-corrected chi connectivity index (χ3v) is 6.06. The first-order valence-corrected chi connectivity index (χ1v) is 11.2. The minimum absolute atomic E-state index is 0.0993. The van der Waals surface area contributed by atoms with E-state index in [0.717, 1.165) is 6.08 Å². The van der Waals surface area contributed by atoms with E-state index < -0.39 is 11.9 Å². The molecule has 14 heteroatoms. The van der Waals surface area contributed by atoms with Crippen LogP contribution in [0, 0.1) is 0 Å². The van der Waals surface area contributed by atoms with E-state index in [-0.39, 0.29) is 34.0 Å². The molecule has 0 unspecified atom stereocenters. The maximum atomic E-state index is 13.4. The van der Waals surface area contributed by atoms with Crippen molar-refractivity contribution in [1.82, 2.24) is 19.7 Å². The summed E-state index contributed by atoms with van der Waals surface area (Å²) in [4.78, 5) is 36.7. The Labute approximate surface area is 216 Å². The van der Waals surface area contributed by atoms with E-state index in [4.69, 9.17) is 32.7 Å². The van der Waals surface area contributed by atoms with Crippen LogP contribution in [0.3, 0.4) is 0 Å². The Morgan fingerprint density at radius 1 is 1.19 bits per heavy atom. The molecule has 0 saturated carbocycles. The molecule has 3 aromatic rings. The van der Waals surface area contributed by atoms with E-state index in [1.807, 2.05) is 0 Å². The number of carbonyl (C=O) groups is 2. The molecular formula is C22H22Cl2N8O4. The van der Waals surface area contributed by atoms with Gasteiger partial charge in [0.05, 0.1) is 32.6 Å². The lowest BCUT2D eigenvalue weighted by molar-refractivity contribution is -0.111. The largest absolute Gasteiger partial charge is 0.495 e. The molecule has 0 fully saturated rings. The van der Waals surface area contributed by atoms with Crippen molar-refractivity contribution in [2.75, 3.05) is 41.7 Å². The van der Waals surface area contributed by atoms with Crippen molar-refractivity contribution in [1.29, 1.82) is 0 Å². The SMILES string of the molecule is C=CC(=O)Nc1nn(C)cc1Nc1ncc2c(n1)N(C)C(=O)N(c1c(Cl)c(OC)cc(OC)c1Cl)C2. The van der Waals surface area contributed by atoms with Crippen molar-refractivity contribution < 1.29 is 19.1 Å². The zero-order chi connectivity index (χ0) is 26.1. The fraction of sp³-hybridized carbons (Fsp3) is 0.227. The van der Waals surface area contributed by atoms with Crippen LogP contribution in [0.4, 0.5) is 33.8 Å². The minimum atomic E-state index is -0.424. The Morgan fingerprint density at radius 3 is 2.47 bits per heavy atom. The number of rotatable bonds is 7. The van der Waals surface area contributed by atoms with Crippen LogP contribution in [0.25, 0.3) is 0 Å². The highest BCUT2D eigenvalue weighted by molar-refractivity contribution is 6.42. The number of hydrogen-bond acceptors (Lipinski definition) is 8. The molecule has 0 saturated heterocycles. The standard InChI is InChI=1S/C22H22Cl2N8O4/c1-6-15(33)27-19-12(10-30(2)29-19)26-21-25-8-11-9-32(22(34)31(3)20(11)28-21)18-16(23)13(35-4)7-14(36-5)17(18)24/h6-8,10H,1,9H2,2-5H3,(H,25,26,28)(H,27,29,33). The molecule has 2 N–H and O–H groups in total. The van der Waals surface area contributed by atoms with Gasteiger partial charge in [-0.2, -0.15) is 10.1 Å². The number of fused-ring (bicyclic) bond motifs is 1.